The van der Waals surface area contributed by atoms with E-state index in [0.717, 1.165) is 17.5 Å². The van der Waals surface area contributed by atoms with E-state index in [1.165, 1.54) is 0 Å². The molecule has 0 saturated carbocycles. The van der Waals surface area contributed by atoms with Crippen LogP contribution in [-0.4, -0.2) is 16.9 Å². The van der Waals surface area contributed by atoms with Gasteiger partial charge in [0, 0.05) is 34.8 Å². The second kappa shape index (κ2) is 5.42. The van der Waals surface area contributed by atoms with Crippen LogP contribution >= 0.6 is 11.6 Å². The van der Waals surface area contributed by atoms with Crippen molar-refractivity contribution in [3.63, 3.8) is 0 Å². The Hall–Kier alpha value is -1.98. The highest BCUT2D eigenvalue weighted by atomic mass is 35.5. The van der Waals surface area contributed by atoms with E-state index in [2.05, 4.69) is 5.10 Å². The molecule has 2 aromatic heterocycles. The summed E-state index contributed by atoms with van der Waals surface area (Å²) in [6.45, 7) is 2.83. The van der Waals surface area contributed by atoms with E-state index in [1.807, 2.05) is 29.9 Å². The van der Waals surface area contributed by atoms with Gasteiger partial charge in [-0.2, -0.15) is 5.10 Å². The van der Waals surface area contributed by atoms with E-state index in [4.69, 9.17) is 26.5 Å². The number of methoxy groups -OCH3 is 1. The third-order valence-corrected chi connectivity index (χ3v) is 3.65. The zero-order valence-corrected chi connectivity index (χ0v) is 12.6. The second-order valence-electron chi connectivity index (χ2n) is 4.78. The molecule has 1 aromatic carbocycles. The van der Waals surface area contributed by atoms with Crippen molar-refractivity contribution in [2.24, 2.45) is 5.73 Å². The fourth-order valence-corrected chi connectivity index (χ4v) is 2.50. The summed E-state index contributed by atoms with van der Waals surface area (Å²) in [5.74, 6) is 1.25. The van der Waals surface area contributed by atoms with Crippen molar-refractivity contribution in [3.8, 4) is 5.75 Å². The average molecular weight is 306 g/mol. The molecule has 0 aliphatic heterocycles. The number of furan rings is 1. The highest BCUT2D eigenvalue weighted by Crippen LogP contribution is 2.34. The zero-order valence-electron chi connectivity index (χ0n) is 11.8. The van der Waals surface area contributed by atoms with Gasteiger partial charge in [-0.25, -0.2) is 0 Å². The van der Waals surface area contributed by atoms with E-state index in [0.29, 0.717) is 22.1 Å². The number of benzene rings is 1. The Bertz CT molecular complexity index is 778. The third kappa shape index (κ3) is 2.50. The van der Waals surface area contributed by atoms with Crippen molar-refractivity contribution >= 4 is 22.6 Å². The standard InChI is InChI=1S/C15H16ClN3O2/c1-3-19-8-10(7-18-19)14(17)12-5-9-4-11(16)6-13(20-2)15(9)21-12/h4-8,14H,3,17H2,1-2H3. The van der Waals surface area contributed by atoms with Crippen molar-refractivity contribution in [2.45, 2.75) is 19.5 Å². The summed E-state index contributed by atoms with van der Waals surface area (Å²) < 4.78 is 13.0. The molecule has 0 saturated heterocycles. The molecule has 21 heavy (non-hydrogen) atoms. The Labute approximate surface area is 127 Å². The highest BCUT2D eigenvalue weighted by Gasteiger charge is 2.18. The first-order valence-electron chi connectivity index (χ1n) is 6.67. The molecule has 110 valence electrons. The molecule has 2 N–H and O–H groups in total. The number of aryl methyl sites for hydroxylation is 1. The van der Waals surface area contributed by atoms with Gasteiger partial charge >= 0.3 is 0 Å². The summed E-state index contributed by atoms with van der Waals surface area (Å²) in [5, 5.41) is 5.70. The number of ether oxygens (including phenoxy) is 1. The lowest BCUT2D eigenvalue weighted by Gasteiger charge is -2.05. The molecule has 3 aromatic rings. The maximum Gasteiger partial charge on any atom is 0.176 e. The van der Waals surface area contributed by atoms with Crippen molar-refractivity contribution in [3.05, 3.63) is 46.9 Å². The summed E-state index contributed by atoms with van der Waals surface area (Å²) >= 11 is 6.06. The van der Waals surface area contributed by atoms with Gasteiger partial charge in [-0.1, -0.05) is 11.6 Å². The van der Waals surface area contributed by atoms with Crippen LogP contribution in [0.5, 0.6) is 5.75 Å². The first kappa shape index (κ1) is 14.0. The first-order chi connectivity index (χ1) is 10.1. The number of rotatable bonds is 4. The van der Waals surface area contributed by atoms with Crippen LogP contribution in [-0.2, 0) is 6.54 Å². The minimum atomic E-state index is -0.374. The highest BCUT2D eigenvalue weighted by molar-refractivity contribution is 6.31. The molecule has 0 spiro atoms. The molecule has 0 radical (unpaired) electrons. The van der Waals surface area contributed by atoms with Crippen LogP contribution in [0, 0.1) is 0 Å². The first-order valence-corrected chi connectivity index (χ1v) is 7.05. The van der Waals surface area contributed by atoms with Crippen LogP contribution in [0.25, 0.3) is 11.0 Å². The van der Waals surface area contributed by atoms with Crippen molar-refractivity contribution in [1.82, 2.24) is 9.78 Å². The number of halogens is 1. The molecule has 1 atom stereocenters. The van der Waals surface area contributed by atoms with E-state index < -0.39 is 0 Å². The topological polar surface area (TPSA) is 66.2 Å². The molecule has 1 unspecified atom stereocenters. The number of fused-ring (bicyclic) bond motifs is 1. The van der Waals surface area contributed by atoms with Gasteiger partial charge in [0.2, 0.25) is 0 Å². The Morgan fingerprint density at radius 3 is 2.90 bits per heavy atom. The van der Waals surface area contributed by atoms with E-state index >= 15 is 0 Å². The summed E-state index contributed by atoms with van der Waals surface area (Å²) in [6, 6.07) is 5.06. The lowest BCUT2D eigenvalue weighted by molar-refractivity contribution is 0.406. The van der Waals surface area contributed by atoms with Crippen molar-refractivity contribution in [2.75, 3.05) is 7.11 Å². The van der Waals surface area contributed by atoms with Gasteiger partial charge in [-0.05, 0) is 19.1 Å². The minimum absolute atomic E-state index is 0.374. The van der Waals surface area contributed by atoms with E-state index in [1.54, 1.807) is 19.4 Å². The van der Waals surface area contributed by atoms with Crippen LogP contribution in [0.2, 0.25) is 5.02 Å². The summed E-state index contributed by atoms with van der Waals surface area (Å²) in [4.78, 5) is 0. The molecule has 0 aliphatic rings. The normalized spacial score (nSPS) is 12.8. The predicted octanol–water partition coefficient (Wildman–Crippen LogP) is 3.36. The molecule has 5 nitrogen and oxygen atoms in total. The molecule has 0 fully saturated rings. The fraction of sp³-hybridized carbons (Fsp3) is 0.267. The quantitative estimate of drug-likeness (QED) is 0.802. The minimum Gasteiger partial charge on any atom is -0.493 e. The molecule has 0 amide bonds. The number of aromatic nitrogens is 2. The van der Waals surface area contributed by atoms with Crippen LogP contribution in [0.3, 0.4) is 0 Å². The molecule has 6 heteroatoms. The monoisotopic (exact) mass is 305 g/mol. The fourth-order valence-electron chi connectivity index (χ4n) is 2.29. The molecular weight excluding hydrogens is 290 g/mol. The Morgan fingerprint density at radius 1 is 1.43 bits per heavy atom. The SMILES string of the molecule is CCn1cc(C(N)c2cc3cc(Cl)cc(OC)c3o2)cn1. The van der Waals surface area contributed by atoms with Gasteiger partial charge in [0.1, 0.15) is 5.76 Å². The lowest BCUT2D eigenvalue weighted by Crippen LogP contribution is -2.10. The predicted molar refractivity (Wildman–Crippen MR) is 81.7 cm³/mol. The number of nitrogens with two attached hydrogens (primary N) is 1. The third-order valence-electron chi connectivity index (χ3n) is 3.43. The molecular formula is C15H16ClN3O2. The van der Waals surface area contributed by atoms with Gasteiger partial charge in [-0.3, -0.25) is 4.68 Å². The molecule has 0 bridgehead atoms. The Kier molecular flexibility index (Phi) is 3.61. The summed E-state index contributed by atoms with van der Waals surface area (Å²) in [7, 11) is 1.58. The van der Waals surface area contributed by atoms with Crippen LogP contribution in [0.15, 0.2) is 35.0 Å². The van der Waals surface area contributed by atoms with Gasteiger partial charge in [0.15, 0.2) is 11.3 Å². The number of hydrogen-bond donors (Lipinski definition) is 1. The van der Waals surface area contributed by atoms with E-state index in [9.17, 15) is 0 Å². The zero-order chi connectivity index (χ0) is 15.0. The lowest BCUT2D eigenvalue weighted by atomic mass is 10.1. The van der Waals surface area contributed by atoms with Gasteiger partial charge in [-0.15, -0.1) is 0 Å². The summed E-state index contributed by atoms with van der Waals surface area (Å²) in [5.41, 5.74) is 7.81. The van der Waals surface area contributed by atoms with Gasteiger partial charge in [0.05, 0.1) is 19.3 Å². The second-order valence-corrected chi connectivity index (χ2v) is 5.22. The summed E-state index contributed by atoms with van der Waals surface area (Å²) in [6.07, 6.45) is 3.67. The maximum absolute atomic E-state index is 6.26. The largest absolute Gasteiger partial charge is 0.493 e. The van der Waals surface area contributed by atoms with Crippen molar-refractivity contribution < 1.29 is 9.15 Å². The van der Waals surface area contributed by atoms with Gasteiger partial charge in [0.25, 0.3) is 0 Å². The number of hydrogen-bond acceptors (Lipinski definition) is 4. The number of nitrogens with zero attached hydrogens (tertiary/aromatic N) is 2. The molecule has 3 rings (SSSR count). The van der Waals surface area contributed by atoms with Crippen LogP contribution in [0.1, 0.15) is 24.3 Å². The van der Waals surface area contributed by atoms with Crippen LogP contribution in [0.4, 0.5) is 0 Å². The Morgan fingerprint density at radius 2 is 2.24 bits per heavy atom. The average Bonchev–Trinajstić information content (AvgIpc) is 3.11. The molecule has 0 aliphatic carbocycles. The molecule has 2 heterocycles. The van der Waals surface area contributed by atoms with Gasteiger partial charge < -0.3 is 14.9 Å². The maximum atomic E-state index is 6.26. The smallest absolute Gasteiger partial charge is 0.176 e. The van der Waals surface area contributed by atoms with Crippen molar-refractivity contribution in [1.29, 1.82) is 0 Å². The Balaban J connectivity index is 2.04. The van der Waals surface area contributed by atoms with Crippen LogP contribution < -0.4 is 10.5 Å². The van der Waals surface area contributed by atoms with E-state index in [-0.39, 0.29) is 6.04 Å².